The lowest BCUT2D eigenvalue weighted by molar-refractivity contribution is 0.0664. The average Bonchev–Trinajstić information content (AvgIpc) is 3.21. The van der Waals surface area contributed by atoms with Crippen molar-refractivity contribution in [3.8, 4) is 0 Å². The zero-order valence-corrected chi connectivity index (χ0v) is 19.8. The van der Waals surface area contributed by atoms with Crippen LogP contribution in [0.1, 0.15) is 68.1 Å². The number of pyridine rings is 1. The second kappa shape index (κ2) is 9.55. The molecule has 0 spiro atoms. The molecule has 5 nitrogen and oxygen atoms in total. The van der Waals surface area contributed by atoms with Gasteiger partial charge in [0, 0.05) is 12.7 Å². The fourth-order valence-corrected chi connectivity index (χ4v) is 6.61. The highest BCUT2D eigenvalue weighted by atomic mass is 15.2. The fraction of sp³-hybridized carbons (Fsp3) is 0.571. The standard InChI is InChI=1S/C28H37N5/c1-4-16-31(17-5-1)18-8-20-33-25-12-3-2-11-24(25)30-26(33)21-32-19-7-10-23-14-13-22-9-6-15-29-27(22)28(23)32/h2-3,6,9,11-12,15,23,28H,1,4-5,7-8,10,13-14,16-21H2/t23-,28-/m1/s1. The van der Waals surface area contributed by atoms with E-state index >= 15 is 0 Å². The second-order valence-electron chi connectivity index (χ2n) is 10.3. The van der Waals surface area contributed by atoms with E-state index in [1.807, 2.05) is 6.20 Å². The van der Waals surface area contributed by atoms with Gasteiger partial charge >= 0.3 is 0 Å². The number of likely N-dealkylation sites (tertiary alicyclic amines) is 2. The van der Waals surface area contributed by atoms with Crippen LogP contribution in [0.2, 0.25) is 0 Å². The van der Waals surface area contributed by atoms with Crippen molar-refractivity contribution in [2.45, 2.75) is 70.5 Å². The lowest BCUT2D eigenvalue weighted by atomic mass is 9.77. The molecule has 4 heterocycles. The maximum absolute atomic E-state index is 5.15. The van der Waals surface area contributed by atoms with Gasteiger partial charge in [-0.1, -0.05) is 24.6 Å². The Hall–Kier alpha value is -2.24. The second-order valence-corrected chi connectivity index (χ2v) is 10.3. The fourth-order valence-electron chi connectivity index (χ4n) is 6.61. The van der Waals surface area contributed by atoms with Crippen LogP contribution >= 0.6 is 0 Å². The Morgan fingerprint density at radius 2 is 1.79 bits per heavy atom. The first-order valence-corrected chi connectivity index (χ1v) is 13.2. The zero-order valence-electron chi connectivity index (χ0n) is 19.8. The van der Waals surface area contributed by atoms with Gasteiger partial charge in [-0.2, -0.15) is 0 Å². The summed E-state index contributed by atoms with van der Waals surface area (Å²) in [5.74, 6) is 1.97. The lowest BCUT2D eigenvalue weighted by Gasteiger charge is -2.44. The molecule has 0 amide bonds. The number of piperidine rings is 2. The minimum atomic E-state index is 0.449. The van der Waals surface area contributed by atoms with E-state index in [9.17, 15) is 0 Å². The maximum Gasteiger partial charge on any atom is 0.124 e. The summed E-state index contributed by atoms with van der Waals surface area (Å²) in [5.41, 5.74) is 5.23. The van der Waals surface area contributed by atoms with E-state index in [4.69, 9.17) is 9.97 Å². The summed E-state index contributed by atoms with van der Waals surface area (Å²) in [7, 11) is 0. The van der Waals surface area contributed by atoms with Gasteiger partial charge < -0.3 is 9.47 Å². The van der Waals surface area contributed by atoms with Crippen molar-refractivity contribution in [1.82, 2.24) is 24.3 Å². The summed E-state index contributed by atoms with van der Waals surface area (Å²) in [6.45, 7) is 6.89. The molecule has 2 fully saturated rings. The van der Waals surface area contributed by atoms with Crippen LogP contribution in [-0.2, 0) is 19.5 Å². The van der Waals surface area contributed by atoms with Crippen molar-refractivity contribution in [2.24, 2.45) is 5.92 Å². The third-order valence-electron chi connectivity index (χ3n) is 8.23. The van der Waals surface area contributed by atoms with Gasteiger partial charge in [0.05, 0.1) is 29.3 Å². The topological polar surface area (TPSA) is 37.2 Å². The number of para-hydroxylation sites is 2. The van der Waals surface area contributed by atoms with Gasteiger partial charge in [0.15, 0.2) is 0 Å². The van der Waals surface area contributed by atoms with Crippen molar-refractivity contribution < 1.29 is 0 Å². The Labute approximate surface area is 197 Å². The van der Waals surface area contributed by atoms with Gasteiger partial charge in [0.2, 0.25) is 0 Å². The predicted molar refractivity (Wildman–Crippen MR) is 133 cm³/mol. The summed E-state index contributed by atoms with van der Waals surface area (Å²) in [6, 6.07) is 13.6. The summed E-state index contributed by atoms with van der Waals surface area (Å²) in [5, 5.41) is 0. The Morgan fingerprint density at radius 3 is 2.73 bits per heavy atom. The van der Waals surface area contributed by atoms with Crippen LogP contribution in [0, 0.1) is 5.92 Å². The van der Waals surface area contributed by atoms with E-state index < -0.39 is 0 Å². The van der Waals surface area contributed by atoms with Crippen molar-refractivity contribution in [3.63, 3.8) is 0 Å². The molecular formula is C28H37N5. The first kappa shape index (κ1) is 21.3. The maximum atomic E-state index is 5.15. The lowest BCUT2D eigenvalue weighted by Crippen LogP contribution is -2.42. The molecule has 33 heavy (non-hydrogen) atoms. The highest BCUT2D eigenvalue weighted by Gasteiger charge is 2.38. The van der Waals surface area contributed by atoms with E-state index in [1.165, 1.54) is 93.6 Å². The molecule has 0 bridgehead atoms. The SMILES string of the molecule is c1cnc2c(c1)CC[C@H]1CCCN(Cc3nc4ccccc4n3CCCN3CCCCC3)[C@@H]21. The van der Waals surface area contributed by atoms with Crippen LogP contribution in [0.15, 0.2) is 42.6 Å². The van der Waals surface area contributed by atoms with E-state index in [-0.39, 0.29) is 0 Å². The summed E-state index contributed by atoms with van der Waals surface area (Å²) in [6.07, 6.45) is 12.4. The molecule has 3 aliphatic rings. The van der Waals surface area contributed by atoms with E-state index in [2.05, 4.69) is 50.8 Å². The number of fused-ring (bicyclic) bond motifs is 4. The number of nitrogens with zero attached hydrogens (tertiary/aromatic N) is 5. The van der Waals surface area contributed by atoms with Crippen molar-refractivity contribution in [3.05, 3.63) is 59.7 Å². The number of hydrogen-bond acceptors (Lipinski definition) is 4. The Balaban J connectivity index is 1.25. The molecule has 0 unspecified atom stereocenters. The van der Waals surface area contributed by atoms with Crippen LogP contribution in [0.3, 0.4) is 0 Å². The smallest absolute Gasteiger partial charge is 0.124 e. The minimum Gasteiger partial charge on any atom is -0.327 e. The molecule has 2 aromatic heterocycles. The zero-order chi connectivity index (χ0) is 22.0. The molecular weight excluding hydrogens is 406 g/mol. The number of imidazole rings is 1. The third kappa shape index (κ3) is 4.33. The number of aryl methyl sites for hydroxylation is 2. The summed E-state index contributed by atoms with van der Waals surface area (Å²) < 4.78 is 2.52. The van der Waals surface area contributed by atoms with E-state index in [0.29, 0.717) is 6.04 Å². The Kier molecular flexibility index (Phi) is 6.17. The van der Waals surface area contributed by atoms with Crippen LogP contribution in [0.4, 0.5) is 0 Å². The van der Waals surface area contributed by atoms with Gasteiger partial charge in [0.25, 0.3) is 0 Å². The van der Waals surface area contributed by atoms with Gasteiger partial charge in [0.1, 0.15) is 5.82 Å². The summed E-state index contributed by atoms with van der Waals surface area (Å²) >= 11 is 0. The van der Waals surface area contributed by atoms with Crippen LogP contribution in [0.5, 0.6) is 0 Å². The van der Waals surface area contributed by atoms with Crippen LogP contribution in [-0.4, -0.2) is 50.5 Å². The normalized spacial score (nSPS) is 24.0. The molecule has 2 aliphatic heterocycles. The highest BCUT2D eigenvalue weighted by molar-refractivity contribution is 5.75. The minimum absolute atomic E-state index is 0.449. The van der Waals surface area contributed by atoms with E-state index in [0.717, 1.165) is 31.1 Å². The van der Waals surface area contributed by atoms with E-state index in [1.54, 1.807) is 0 Å². The molecule has 0 radical (unpaired) electrons. The molecule has 1 aliphatic carbocycles. The molecule has 3 aromatic rings. The Morgan fingerprint density at radius 1 is 0.879 bits per heavy atom. The molecule has 0 saturated carbocycles. The first-order valence-electron chi connectivity index (χ1n) is 13.2. The molecule has 2 atom stereocenters. The van der Waals surface area contributed by atoms with Crippen molar-refractivity contribution in [2.75, 3.05) is 26.2 Å². The molecule has 6 rings (SSSR count). The number of benzene rings is 1. The Bertz CT molecular complexity index is 1080. The first-order chi connectivity index (χ1) is 16.4. The third-order valence-corrected chi connectivity index (χ3v) is 8.23. The van der Waals surface area contributed by atoms with Gasteiger partial charge in [-0.3, -0.25) is 9.88 Å². The highest BCUT2D eigenvalue weighted by Crippen LogP contribution is 2.43. The molecule has 0 N–H and O–H groups in total. The van der Waals surface area contributed by atoms with Gasteiger partial charge in [-0.05, 0) is 101 Å². The predicted octanol–water partition coefficient (Wildman–Crippen LogP) is 5.21. The van der Waals surface area contributed by atoms with Crippen molar-refractivity contribution >= 4 is 11.0 Å². The monoisotopic (exact) mass is 443 g/mol. The molecule has 174 valence electrons. The number of aromatic nitrogens is 3. The number of hydrogen-bond donors (Lipinski definition) is 0. The average molecular weight is 444 g/mol. The molecule has 2 saturated heterocycles. The molecule has 5 heteroatoms. The van der Waals surface area contributed by atoms with Crippen molar-refractivity contribution in [1.29, 1.82) is 0 Å². The number of rotatable bonds is 6. The van der Waals surface area contributed by atoms with Gasteiger partial charge in [-0.15, -0.1) is 0 Å². The quantitative estimate of drug-likeness (QED) is 0.524. The van der Waals surface area contributed by atoms with Crippen LogP contribution < -0.4 is 0 Å². The largest absolute Gasteiger partial charge is 0.327 e. The molecule has 1 aromatic carbocycles. The van der Waals surface area contributed by atoms with Crippen LogP contribution in [0.25, 0.3) is 11.0 Å². The van der Waals surface area contributed by atoms with Gasteiger partial charge in [-0.25, -0.2) is 4.98 Å². The summed E-state index contributed by atoms with van der Waals surface area (Å²) in [4.78, 5) is 15.4.